The van der Waals surface area contributed by atoms with Gasteiger partial charge in [0.25, 0.3) is 0 Å². The van der Waals surface area contributed by atoms with Gasteiger partial charge in [0.05, 0.1) is 21.3 Å². The van der Waals surface area contributed by atoms with Crippen LogP contribution in [0.2, 0.25) is 0 Å². The fraction of sp³-hybridized carbons (Fsp3) is 0.269. The molecule has 7 nitrogen and oxygen atoms in total. The largest absolute Gasteiger partial charge is 0.497 e. The van der Waals surface area contributed by atoms with Gasteiger partial charge in [0.2, 0.25) is 29.0 Å². The average molecular weight is 450 g/mol. The normalized spacial score (nSPS) is 13.8. The van der Waals surface area contributed by atoms with Crippen molar-refractivity contribution >= 4 is 23.2 Å². The molecule has 0 aromatic heterocycles. The molecule has 172 valence electrons. The van der Waals surface area contributed by atoms with Crippen LogP contribution < -0.4 is 10.1 Å². The highest BCUT2D eigenvalue weighted by molar-refractivity contribution is 6.23. The lowest BCUT2D eigenvalue weighted by molar-refractivity contribution is -0.121. The van der Waals surface area contributed by atoms with Crippen LogP contribution in [-0.2, 0) is 36.7 Å². The van der Waals surface area contributed by atoms with Crippen LogP contribution in [0.1, 0.15) is 24.5 Å². The molecule has 0 bridgehead atoms. The molecule has 1 amide bonds. The van der Waals surface area contributed by atoms with Crippen molar-refractivity contribution in [2.24, 2.45) is 0 Å². The van der Waals surface area contributed by atoms with E-state index in [1.54, 1.807) is 38.3 Å². The van der Waals surface area contributed by atoms with Crippen LogP contribution in [0, 0.1) is 0 Å². The maximum atomic E-state index is 12.8. The number of benzene rings is 2. The van der Waals surface area contributed by atoms with Gasteiger partial charge >= 0.3 is 0 Å². The summed E-state index contributed by atoms with van der Waals surface area (Å²) in [6.45, 7) is 1.62. The summed E-state index contributed by atoms with van der Waals surface area (Å²) >= 11 is 0. The van der Waals surface area contributed by atoms with E-state index in [1.807, 2.05) is 24.3 Å². The lowest BCUT2D eigenvalue weighted by Crippen LogP contribution is -2.26. The predicted octanol–water partition coefficient (Wildman–Crippen LogP) is 3.78. The number of carbonyl (C=O) groups is 3. The Hall–Kier alpha value is -3.87. The van der Waals surface area contributed by atoms with E-state index in [0.29, 0.717) is 36.1 Å². The smallest absolute Gasteiger partial charge is 0.228 e. The van der Waals surface area contributed by atoms with Crippen LogP contribution in [0.15, 0.2) is 71.2 Å². The molecule has 2 aromatic rings. The standard InChI is InChI=1S/C26H27NO6/c1-16-21(24(30)26(33-4)25(32-3)23(16)29)15-18-7-5-17(6-8-18)9-14-22(28)27-19-10-12-20(31-2)13-11-19/h5-8,10-13H,9,14-15H2,1-4H3,(H,27,28). The van der Waals surface area contributed by atoms with Crippen molar-refractivity contribution in [3.63, 3.8) is 0 Å². The van der Waals surface area contributed by atoms with Gasteiger partial charge in [-0.2, -0.15) is 0 Å². The Morgan fingerprint density at radius 3 is 1.94 bits per heavy atom. The Bertz CT molecular complexity index is 1110. The number of hydrogen-bond donors (Lipinski definition) is 1. The summed E-state index contributed by atoms with van der Waals surface area (Å²) in [5, 5.41) is 2.86. The van der Waals surface area contributed by atoms with Gasteiger partial charge in [0.1, 0.15) is 5.75 Å². The fourth-order valence-electron chi connectivity index (χ4n) is 3.59. The van der Waals surface area contributed by atoms with Gasteiger partial charge in [0.15, 0.2) is 0 Å². The summed E-state index contributed by atoms with van der Waals surface area (Å²) in [5.74, 6) is -0.167. The van der Waals surface area contributed by atoms with E-state index in [4.69, 9.17) is 14.2 Å². The predicted molar refractivity (Wildman–Crippen MR) is 124 cm³/mol. The molecule has 1 aliphatic rings. The molecule has 1 aliphatic carbocycles. The molecule has 1 N–H and O–H groups in total. The first-order chi connectivity index (χ1) is 15.9. The number of amides is 1. The zero-order valence-corrected chi connectivity index (χ0v) is 19.2. The van der Waals surface area contributed by atoms with E-state index in [9.17, 15) is 14.4 Å². The first-order valence-corrected chi connectivity index (χ1v) is 10.5. The second-order valence-corrected chi connectivity index (χ2v) is 7.60. The Morgan fingerprint density at radius 2 is 1.36 bits per heavy atom. The van der Waals surface area contributed by atoms with Crippen molar-refractivity contribution in [2.45, 2.75) is 26.2 Å². The summed E-state index contributed by atoms with van der Waals surface area (Å²) in [4.78, 5) is 37.6. The van der Waals surface area contributed by atoms with Gasteiger partial charge in [-0.3, -0.25) is 14.4 Å². The number of aryl methyl sites for hydroxylation is 1. The molecule has 0 saturated carbocycles. The monoisotopic (exact) mass is 449 g/mol. The topological polar surface area (TPSA) is 90.9 Å². The highest BCUT2D eigenvalue weighted by atomic mass is 16.5. The van der Waals surface area contributed by atoms with Crippen molar-refractivity contribution in [3.8, 4) is 5.75 Å². The number of Topliss-reactive ketones (excluding diaryl/α,β-unsaturated/α-hetero) is 2. The number of anilines is 1. The molecular weight excluding hydrogens is 422 g/mol. The molecule has 7 heteroatoms. The molecule has 0 saturated heterocycles. The molecule has 0 radical (unpaired) electrons. The first kappa shape index (κ1) is 23.8. The van der Waals surface area contributed by atoms with Gasteiger partial charge < -0.3 is 19.5 Å². The first-order valence-electron chi connectivity index (χ1n) is 10.5. The molecule has 0 fully saturated rings. The molecule has 0 aliphatic heterocycles. The van der Waals surface area contributed by atoms with E-state index in [2.05, 4.69) is 5.32 Å². The van der Waals surface area contributed by atoms with Crippen LogP contribution in [0.3, 0.4) is 0 Å². The molecule has 0 heterocycles. The van der Waals surface area contributed by atoms with Gasteiger partial charge in [-0.05, 0) is 48.7 Å². The summed E-state index contributed by atoms with van der Waals surface area (Å²) in [6.07, 6.45) is 1.22. The Balaban J connectivity index is 1.60. The van der Waals surface area contributed by atoms with E-state index in [0.717, 1.165) is 16.9 Å². The third kappa shape index (κ3) is 5.49. The van der Waals surface area contributed by atoms with E-state index >= 15 is 0 Å². The average Bonchev–Trinajstić information content (AvgIpc) is 2.83. The number of ether oxygens (including phenoxy) is 3. The maximum absolute atomic E-state index is 12.8. The minimum atomic E-state index is -0.344. The number of allylic oxidation sites excluding steroid dienone is 2. The summed E-state index contributed by atoms with van der Waals surface area (Å²) in [6, 6.07) is 14.8. The number of rotatable bonds is 9. The molecule has 0 unspecified atom stereocenters. The lowest BCUT2D eigenvalue weighted by atomic mass is 9.88. The highest BCUT2D eigenvalue weighted by Crippen LogP contribution is 2.28. The second-order valence-electron chi connectivity index (χ2n) is 7.60. The van der Waals surface area contributed by atoms with Crippen LogP contribution in [-0.4, -0.2) is 38.8 Å². The van der Waals surface area contributed by atoms with Crippen molar-refractivity contribution in [1.82, 2.24) is 0 Å². The third-order valence-electron chi connectivity index (χ3n) is 5.51. The van der Waals surface area contributed by atoms with Crippen molar-refractivity contribution < 1.29 is 28.6 Å². The lowest BCUT2D eigenvalue weighted by Gasteiger charge is -2.20. The van der Waals surface area contributed by atoms with Crippen LogP contribution in [0.4, 0.5) is 5.69 Å². The van der Waals surface area contributed by atoms with Crippen molar-refractivity contribution in [1.29, 1.82) is 0 Å². The van der Waals surface area contributed by atoms with Gasteiger partial charge in [0, 0.05) is 29.7 Å². The van der Waals surface area contributed by atoms with Gasteiger partial charge in [-0.15, -0.1) is 0 Å². The van der Waals surface area contributed by atoms with Gasteiger partial charge in [-0.25, -0.2) is 0 Å². The van der Waals surface area contributed by atoms with Crippen LogP contribution >= 0.6 is 0 Å². The zero-order chi connectivity index (χ0) is 24.0. The molecular formula is C26H27NO6. The number of carbonyl (C=O) groups excluding carboxylic acids is 3. The molecule has 0 atom stereocenters. The molecule has 33 heavy (non-hydrogen) atoms. The Labute approximate surface area is 193 Å². The minimum Gasteiger partial charge on any atom is -0.497 e. The quantitative estimate of drug-likeness (QED) is 0.586. The van der Waals surface area contributed by atoms with Gasteiger partial charge in [-0.1, -0.05) is 24.3 Å². The molecule has 3 rings (SSSR count). The fourth-order valence-corrected chi connectivity index (χ4v) is 3.59. The van der Waals surface area contributed by atoms with Crippen molar-refractivity contribution in [2.75, 3.05) is 26.6 Å². The SMILES string of the molecule is COC1=C(OC)C(=O)C(Cc2ccc(CCC(=O)Nc3ccc(OC)cc3)cc2)=C(C)C1=O. The van der Waals surface area contributed by atoms with Crippen LogP contribution in [0.5, 0.6) is 5.75 Å². The van der Waals surface area contributed by atoms with Crippen LogP contribution in [0.25, 0.3) is 0 Å². The Morgan fingerprint density at radius 1 is 0.788 bits per heavy atom. The zero-order valence-electron chi connectivity index (χ0n) is 19.2. The summed E-state index contributed by atoms with van der Waals surface area (Å²) in [5.41, 5.74) is 3.35. The number of nitrogens with one attached hydrogen (secondary N) is 1. The number of ketones is 2. The summed E-state index contributed by atoms with van der Waals surface area (Å²) in [7, 11) is 4.28. The number of hydrogen-bond acceptors (Lipinski definition) is 6. The minimum absolute atomic E-state index is 0.0629. The number of methoxy groups -OCH3 is 3. The molecule has 2 aromatic carbocycles. The third-order valence-corrected chi connectivity index (χ3v) is 5.51. The maximum Gasteiger partial charge on any atom is 0.228 e. The second kappa shape index (κ2) is 10.6. The highest BCUT2D eigenvalue weighted by Gasteiger charge is 2.34. The van der Waals surface area contributed by atoms with E-state index in [1.165, 1.54) is 14.2 Å². The van der Waals surface area contributed by atoms with Crippen molar-refractivity contribution in [3.05, 3.63) is 82.3 Å². The Kier molecular flexibility index (Phi) is 7.66. The van der Waals surface area contributed by atoms with E-state index in [-0.39, 0.29) is 29.0 Å². The summed E-state index contributed by atoms with van der Waals surface area (Å²) < 4.78 is 15.3. The molecule has 0 spiro atoms. The van der Waals surface area contributed by atoms with E-state index < -0.39 is 0 Å².